The fourth-order valence-electron chi connectivity index (χ4n) is 1.38. The number of hydrogen-bond donors (Lipinski definition) is 3. The zero-order valence-corrected chi connectivity index (χ0v) is 6.90. The highest BCUT2D eigenvalue weighted by Gasteiger charge is 2.29. The van der Waals surface area contributed by atoms with Gasteiger partial charge in [0.2, 0.25) is 0 Å². The second-order valence-corrected chi connectivity index (χ2v) is 3.90. The third-order valence-corrected chi connectivity index (χ3v) is 3.05. The number of rotatable bonds is 0. The van der Waals surface area contributed by atoms with E-state index in [0.717, 1.165) is 12.1 Å². The Labute approximate surface area is 69.9 Å². The van der Waals surface area contributed by atoms with Gasteiger partial charge in [-0.2, -0.15) is 0 Å². The van der Waals surface area contributed by atoms with E-state index in [9.17, 15) is 0 Å². The van der Waals surface area contributed by atoms with Crippen LogP contribution in [0.5, 0.6) is 0 Å². The quantitative estimate of drug-likeness (QED) is 0.480. The summed E-state index contributed by atoms with van der Waals surface area (Å²) in [6, 6.07) is 0.375. The molecule has 1 heterocycles. The molecule has 0 aromatic rings. The second-order valence-electron chi connectivity index (χ2n) is 2.72. The van der Waals surface area contributed by atoms with Crippen LogP contribution in [0.25, 0.3) is 0 Å². The third-order valence-electron chi connectivity index (χ3n) is 1.89. The molecule has 1 fully saturated rings. The summed E-state index contributed by atoms with van der Waals surface area (Å²) in [5.41, 5.74) is 12.3. The van der Waals surface area contributed by atoms with Crippen LogP contribution in [0.3, 0.4) is 0 Å². The van der Waals surface area contributed by atoms with Gasteiger partial charge in [-0.1, -0.05) is 17.8 Å². The maximum atomic E-state index is 5.76. The number of nitrogens with two attached hydrogens (primary N) is 2. The normalized spacial score (nSPS) is 36.1. The molecule has 0 aromatic carbocycles. The molecular weight excluding hydrogens is 158 g/mol. The lowest BCUT2D eigenvalue weighted by molar-refractivity contribution is 0.596. The van der Waals surface area contributed by atoms with Gasteiger partial charge in [0.05, 0.1) is 0 Å². The number of thioether (sulfide) groups is 1. The molecule has 11 heavy (non-hydrogen) atoms. The van der Waals surface area contributed by atoms with Gasteiger partial charge in [-0.3, -0.25) is 5.32 Å². The van der Waals surface area contributed by atoms with Crippen molar-refractivity contribution in [2.24, 2.45) is 11.5 Å². The monoisotopic (exact) mass is 169 g/mol. The minimum absolute atomic E-state index is 0.0217. The third kappa shape index (κ3) is 1.17. The lowest BCUT2D eigenvalue weighted by Gasteiger charge is -2.14. The van der Waals surface area contributed by atoms with Crippen LogP contribution in [0.2, 0.25) is 0 Å². The van der Waals surface area contributed by atoms with Crippen LogP contribution >= 0.6 is 11.8 Å². The fraction of sp³-hybridized carbons (Fsp3) is 0.429. The van der Waals surface area contributed by atoms with Crippen molar-refractivity contribution in [3.63, 3.8) is 0 Å². The first-order valence-electron chi connectivity index (χ1n) is 3.62. The highest BCUT2D eigenvalue weighted by Crippen LogP contribution is 2.34. The highest BCUT2D eigenvalue weighted by atomic mass is 32.2. The van der Waals surface area contributed by atoms with Crippen molar-refractivity contribution in [1.29, 1.82) is 0 Å². The minimum atomic E-state index is 0.0217. The van der Waals surface area contributed by atoms with E-state index >= 15 is 0 Å². The van der Waals surface area contributed by atoms with Crippen molar-refractivity contribution in [3.05, 3.63) is 22.8 Å². The van der Waals surface area contributed by atoms with Crippen LogP contribution in [0.15, 0.2) is 22.8 Å². The molecule has 1 aliphatic carbocycles. The van der Waals surface area contributed by atoms with Crippen molar-refractivity contribution in [1.82, 2.24) is 5.32 Å². The predicted octanol–water partition coefficient (Wildman–Crippen LogP) is 0.0639. The van der Waals surface area contributed by atoms with E-state index in [1.54, 1.807) is 11.8 Å². The first-order valence-corrected chi connectivity index (χ1v) is 4.50. The van der Waals surface area contributed by atoms with Crippen molar-refractivity contribution in [2.75, 3.05) is 0 Å². The summed E-state index contributed by atoms with van der Waals surface area (Å²) >= 11 is 1.63. The SMILES string of the molecule is NC1=C2SC(N)NC2CC=C1. The summed E-state index contributed by atoms with van der Waals surface area (Å²) in [6.45, 7) is 0. The van der Waals surface area contributed by atoms with Gasteiger partial charge < -0.3 is 11.5 Å². The van der Waals surface area contributed by atoms with Crippen molar-refractivity contribution in [2.45, 2.75) is 18.0 Å². The average Bonchev–Trinajstić information content (AvgIpc) is 2.31. The lowest BCUT2D eigenvalue weighted by Crippen LogP contribution is -2.35. The first kappa shape index (κ1) is 7.21. The summed E-state index contributed by atoms with van der Waals surface area (Å²) in [5, 5.41) is 3.24. The van der Waals surface area contributed by atoms with E-state index in [4.69, 9.17) is 11.5 Å². The molecular formula is C7H11N3S. The number of nitrogens with one attached hydrogen (secondary N) is 1. The van der Waals surface area contributed by atoms with Gasteiger partial charge in [0.25, 0.3) is 0 Å². The van der Waals surface area contributed by atoms with Crippen LogP contribution in [-0.4, -0.2) is 11.5 Å². The molecule has 3 nitrogen and oxygen atoms in total. The Hall–Kier alpha value is -0.450. The molecule has 0 radical (unpaired) electrons. The molecule has 1 aliphatic heterocycles. The molecule has 2 atom stereocenters. The van der Waals surface area contributed by atoms with Crippen molar-refractivity contribution >= 4 is 11.8 Å². The maximum absolute atomic E-state index is 5.76. The number of hydrogen-bond acceptors (Lipinski definition) is 4. The number of fused-ring (bicyclic) bond motifs is 1. The summed E-state index contributed by atoms with van der Waals surface area (Å²) in [4.78, 5) is 1.21. The molecule has 2 unspecified atom stereocenters. The van der Waals surface area contributed by atoms with Crippen LogP contribution in [-0.2, 0) is 0 Å². The Morgan fingerprint density at radius 2 is 2.45 bits per heavy atom. The number of allylic oxidation sites excluding steroid dienone is 1. The van der Waals surface area contributed by atoms with E-state index in [-0.39, 0.29) is 5.50 Å². The molecule has 0 saturated carbocycles. The average molecular weight is 169 g/mol. The molecule has 1 saturated heterocycles. The molecule has 60 valence electrons. The molecule has 2 rings (SSSR count). The second kappa shape index (κ2) is 2.55. The summed E-state index contributed by atoms with van der Waals surface area (Å²) in [5.74, 6) is 0. The molecule has 0 amide bonds. The molecule has 4 heteroatoms. The summed E-state index contributed by atoms with van der Waals surface area (Å²) in [7, 11) is 0. The van der Waals surface area contributed by atoms with Gasteiger partial charge in [-0.25, -0.2) is 0 Å². The Kier molecular flexibility index (Phi) is 1.67. The first-order chi connectivity index (χ1) is 5.27. The zero-order valence-electron chi connectivity index (χ0n) is 6.08. The van der Waals surface area contributed by atoms with E-state index in [0.29, 0.717) is 6.04 Å². The van der Waals surface area contributed by atoms with Crippen molar-refractivity contribution in [3.8, 4) is 0 Å². The molecule has 2 aliphatic rings. The Balaban J connectivity index is 2.28. The Morgan fingerprint density at radius 3 is 3.18 bits per heavy atom. The summed E-state index contributed by atoms with van der Waals surface area (Å²) in [6.07, 6.45) is 5.05. The Morgan fingerprint density at radius 1 is 1.64 bits per heavy atom. The van der Waals surface area contributed by atoms with Gasteiger partial charge in [0.15, 0.2) is 0 Å². The van der Waals surface area contributed by atoms with Gasteiger partial charge >= 0.3 is 0 Å². The molecule has 5 N–H and O–H groups in total. The zero-order chi connectivity index (χ0) is 7.84. The topological polar surface area (TPSA) is 64.1 Å². The van der Waals surface area contributed by atoms with Gasteiger partial charge in [0.1, 0.15) is 5.50 Å². The van der Waals surface area contributed by atoms with Crippen LogP contribution in [0, 0.1) is 0 Å². The molecule has 0 spiro atoms. The lowest BCUT2D eigenvalue weighted by atomic mass is 10.1. The van der Waals surface area contributed by atoms with E-state index < -0.39 is 0 Å². The molecule has 0 aromatic heterocycles. The fourth-order valence-corrected chi connectivity index (χ4v) is 2.42. The van der Waals surface area contributed by atoms with Crippen LogP contribution < -0.4 is 16.8 Å². The smallest absolute Gasteiger partial charge is 0.108 e. The Bertz CT molecular complexity index is 234. The maximum Gasteiger partial charge on any atom is 0.108 e. The van der Waals surface area contributed by atoms with Gasteiger partial charge in [-0.15, -0.1) is 0 Å². The standard InChI is InChI=1S/C7H11N3S/c8-4-2-1-3-5-6(4)11-7(9)10-5/h1-2,5,7,10H,3,8-9H2. The van der Waals surface area contributed by atoms with Gasteiger partial charge in [-0.05, 0) is 12.5 Å². The minimum Gasteiger partial charge on any atom is -0.398 e. The van der Waals surface area contributed by atoms with Crippen molar-refractivity contribution < 1.29 is 0 Å². The summed E-state index contributed by atoms with van der Waals surface area (Å²) < 4.78 is 0. The van der Waals surface area contributed by atoms with Gasteiger partial charge in [0, 0.05) is 16.6 Å². The van der Waals surface area contributed by atoms with E-state index in [2.05, 4.69) is 11.4 Å². The molecule has 0 bridgehead atoms. The van der Waals surface area contributed by atoms with Crippen LogP contribution in [0.4, 0.5) is 0 Å². The highest BCUT2D eigenvalue weighted by molar-refractivity contribution is 8.04. The van der Waals surface area contributed by atoms with E-state index in [1.807, 2.05) is 6.08 Å². The predicted molar refractivity (Wildman–Crippen MR) is 47.5 cm³/mol. The van der Waals surface area contributed by atoms with Crippen LogP contribution in [0.1, 0.15) is 6.42 Å². The largest absolute Gasteiger partial charge is 0.398 e. The van der Waals surface area contributed by atoms with E-state index in [1.165, 1.54) is 4.91 Å².